The minimum Gasteiger partial charge on any atom is -0.377 e. The molecule has 2 aromatic rings. The highest BCUT2D eigenvalue weighted by molar-refractivity contribution is 6.35. The number of Topliss-reactive ketones (excluding diaryl/α,β-unsaturated/α-hetero) is 1. The van der Waals surface area contributed by atoms with Crippen LogP contribution in [-0.2, 0) is 4.74 Å². The Kier molecular flexibility index (Phi) is 3.17. The van der Waals surface area contributed by atoms with E-state index >= 15 is 0 Å². The van der Waals surface area contributed by atoms with Gasteiger partial charge < -0.3 is 4.74 Å². The zero-order valence-corrected chi connectivity index (χ0v) is 9.49. The number of pyridine rings is 1. The molecule has 82 valence electrons. The number of carbonyl (C=O) groups is 1. The number of rotatable bonds is 3. The van der Waals surface area contributed by atoms with Gasteiger partial charge >= 0.3 is 0 Å². The van der Waals surface area contributed by atoms with Gasteiger partial charge in [0.2, 0.25) is 0 Å². The van der Waals surface area contributed by atoms with Crippen molar-refractivity contribution in [2.24, 2.45) is 0 Å². The van der Waals surface area contributed by atoms with Gasteiger partial charge in [0.1, 0.15) is 6.61 Å². The van der Waals surface area contributed by atoms with Crippen molar-refractivity contribution in [1.29, 1.82) is 0 Å². The van der Waals surface area contributed by atoms with Gasteiger partial charge in [-0.3, -0.25) is 9.78 Å². The molecule has 0 bridgehead atoms. The van der Waals surface area contributed by atoms with Crippen LogP contribution in [0.4, 0.5) is 0 Å². The van der Waals surface area contributed by atoms with Crippen molar-refractivity contribution in [3.05, 3.63) is 41.0 Å². The molecule has 3 nitrogen and oxygen atoms in total. The molecule has 0 amide bonds. The van der Waals surface area contributed by atoms with Crippen molar-refractivity contribution < 1.29 is 9.53 Å². The van der Waals surface area contributed by atoms with E-state index in [0.717, 1.165) is 10.9 Å². The lowest BCUT2D eigenvalue weighted by Gasteiger charge is -2.03. The minimum absolute atomic E-state index is 0.0637. The highest BCUT2D eigenvalue weighted by atomic mass is 35.5. The maximum absolute atomic E-state index is 11.6. The lowest BCUT2D eigenvalue weighted by atomic mass is 10.1. The van der Waals surface area contributed by atoms with E-state index in [1.807, 2.05) is 0 Å². The van der Waals surface area contributed by atoms with E-state index in [0.29, 0.717) is 10.6 Å². The highest BCUT2D eigenvalue weighted by Crippen LogP contribution is 2.22. The molecular formula is C12H10ClNO2. The standard InChI is InChI=1S/C12H10ClNO2/c1-16-7-12(15)8-2-3-9-10(13)4-5-14-11(9)6-8/h2-6H,7H2,1H3. The van der Waals surface area contributed by atoms with Gasteiger partial charge in [0.15, 0.2) is 5.78 Å². The molecule has 0 saturated heterocycles. The molecule has 0 atom stereocenters. The molecule has 2 rings (SSSR count). The average Bonchev–Trinajstić information content (AvgIpc) is 2.29. The molecule has 0 radical (unpaired) electrons. The SMILES string of the molecule is COCC(=O)c1ccc2c(Cl)ccnc2c1. The number of halogens is 1. The van der Waals surface area contributed by atoms with Gasteiger partial charge in [-0.2, -0.15) is 0 Å². The molecule has 0 aliphatic heterocycles. The monoisotopic (exact) mass is 235 g/mol. The topological polar surface area (TPSA) is 39.2 Å². The molecule has 0 fully saturated rings. The Hall–Kier alpha value is -1.45. The second-order valence-corrected chi connectivity index (χ2v) is 3.79. The Morgan fingerprint density at radius 1 is 1.44 bits per heavy atom. The number of benzene rings is 1. The van der Waals surface area contributed by atoms with Crippen LogP contribution in [0.5, 0.6) is 0 Å². The van der Waals surface area contributed by atoms with Crippen LogP contribution in [0.15, 0.2) is 30.5 Å². The number of ether oxygens (including phenoxy) is 1. The predicted molar refractivity (Wildman–Crippen MR) is 63.0 cm³/mol. The van der Waals surface area contributed by atoms with Crippen LogP contribution in [0, 0.1) is 0 Å². The molecule has 1 heterocycles. The van der Waals surface area contributed by atoms with E-state index in [2.05, 4.69) is 4.98 Å². The van der Waals surface area contributed by atoms with Gasteiger partial charge in [-0.25, -0.2) is 0 Å². The first-order chi connectivity index (χ1) is 7.72. The molecular weight excluding hydrogens is 226 g/mol. The normalized spacial score (nSPS) is 10.6. The summed E-state index contributed by atoms with van der Waals surface area (Å²) in [6, 6.07) is 6.98. The number of aromatic nitrogens is 1. The number of methoxy groups -OCH3 is 1. The van der Waals surface area contributed by atoms with Crippen molar-refractivity contribution in [2.75, 3.05) is 13.7 Å². The van der Waals surface area contributed by atoms with Gasteiger partial charge in [-0.05, 0) is 12.1 Å². The Labute approximate surface area is 98.0 Å². The van der Waals surface area contributed by atoms with Crippen molar-refractivity contribution >= 4 is 28.3 Å². The van der Waals surface area contributed by atoms with E-state index < -0.39 is 0 Å². The highest BCUT2D eigenvalue weighted by Gasteiger charge is 2.07. The third kappa shape index (κ3) is 2.05. The van der Waals surface area contributed by atoms with E-state index in [1.54, 1.807) is 30.5 Å². The van der Waals surface area contributed by atoms with Crippen molar-refractivity contribution in [2.45, 2.75) is 0 Å². The molecule has 16 heavy (non-hydrogen) atoms. The summed E-state index contributed by atoms with van der Waals surface area (Å²) in [7, 11) is 1.49. The molecule has 0 saturated carbocycles. The lowest BCUT2D eigenvalue weighted by molar-refractivity contribution is 0.0848. The van der Waals surface area contributed by atoms with E-state index in [4.69, 9.17) is 16.3 Å². The fourth-order valence-electron chi connectivity index (χ4n) is 1.50. The number of fused-ring (bicyclic) bond motifs is 1. The van der Waals surface area contributed by atoms with Crippen LogP contribution in [0.25, 0.3) is 10.9 Å². The van der Waals surface area contributed by atoms with E-state index in [-0.39, 0.29) is 12.4 Å². The zero-order valence-electron chi connectivity index (χ0n) is 8.74. The first kappa shape index (κ1) is 11.0. The Bertz CT molecular complexity index is 540. The minimum atomic E-state index is -0.0637. The molecule has 1 aromatic heterocycles. The molecule has 1 aromatic carbocycles. The number of carbonyl (C=O) groups excluding carboxylic acids is 1. The third-order valence-electron chi connectivity index (χ3n) is 2.29. The zero-order chi connectivity index (χ0) is 11.5. The van der Waals surface area contributed by atoms with Gasteiger partial charge in [0.25, 0.3) is 0 Å². The maximum Gasteiger partial charge on any atom is 0.188 e. The number of ketones is 1. The molecule has 4 heteroatoms. The van der Waals surface area contributed by atoms with Gasteiger partial charge in [-0.15, -0.1) is 0 Å². The van der Waals surface area contributed by atoms with E-state index in [1.165, 1.54) is 7.11 Å². The number of hydrogen-bond acceptors (Lipinski definition) is 3. The van der Waals surface area contributed by atoms with Gasteiger partial charge in [0.05, 0.1) is 10.5 Å². The smallest absolute Gasteiger partial charge is 0.188 e. The van der Waals surface area contributed by atoms with Crippen LogP contribution in [0.3, 0.4) is 0 Å². The van der Waals surface area contributed by atoms with Crippen LogP contribution in [0.2, 0.25) is 5.02 Å². The quantitative estimate of drug-likeness (QED) is 0.768. The summed E-state index contributed by atoms with van der Waals surface area (Å²) in [5.74, 6) is -0.0637. The molecule has 0 aliphatic carbocycles. The summed E-state index contributed by atoms with van der Waals surface area (Å²) in [6.07, 6.45) is 1.62. The molecule has 0 N–H and O–H groups in total. The molecule has 0 unspecified atom stereocenters. The Balaban J connectivity index is 2.48. The number of nitrogens with zero attached hydrogens (tertiary/aromatic N) is 1. The van der Waals surface area contributed by atoms with Gasteiger partial charge in [0, 0.05) is 24.3 Å². The molecule has 0 spiro atoms. The first-order valence-corrected chi connectivity index (χ1v) is 5.16. The largest absolute Gasteiger partial charge is 0.377 e. The Morgan fingerprint density at radius 3 is 3.00 bits per heavy atom. The Morgan fingerprint density at radius 2 is 2.25 bits per heavy atom. The second-order valence-electron chi connectivity index (χ2n) is 3.38. The summed E-state index contributed by atoms with van der Waals surface area (Å²) < 4.78 is 4.80. The second kappa shape index (κ2) is 4.60. The number of hydrogen-bond donors (Lipinski definition) is 0. The van der Waals surface area contributed by atoms with Gasteiger partial charge in [-0.1, -0.05) is 23.7 Å². The van der Waals surface area contributed by atoms with Crippen LogP contribution >= 0.6 is 11.6 Å². The van der Waals surface area contributed by atoms with Crippen LogP contribution in [-0.4, -0.2) is 24.5 Å². The first-order valence-electron chi connectivity index (χ1n) is 4.79. The van der Waals surface area contributed by atoms with E-state index in [9.17, 15) is 4.79 Å². The lowest BCUT2D eigenvalue weighted by Crippen LogP contribution is -2.06. The summed E-state index contributed by atoms with van der Waals surface area (Å²) in [5.41, 5.74) is 1.30. The van der Waals surface area contributed by atoms with Crippen molar-refractivity contribution in [3.63, 3.8) is 0 Å². The maximum atomic E-state index is 11.6. The van der Waals surface area contributed by atoms with Crippen molar-refractivity contribution in [1.82, 2.24) is 4.98 Å². The van der Waals surface area contributed by atoms with Crippen molar-refractivity contribution in [3.8, 4) is 0 Å². The van der Waals surface area contributed by atoms with Crippen LogP contribution < -0.4 is 0 Å². The fraction of sp³-hybridized carbons (Fsp3) is 0.167. The third-order valence-corrected chi connectivity index (χ3v) is 2.62. The average molecular weight is 236 g/mol. The van der Waals surface area contributed by atoms with Crippen LogP contribution in [0.1, 0.15) is 10.4 Å². The summed E-state index contributed by atoms with van der Waals surface area (Å²) >= 11 is 6.00. The fourth-order valence-corrected chi connectivity index (χ4v) is 1.72. The predicted octanol–water partition coefficient (Wildman–Crippen LogP) is 2.72. The molecule has 0 aliphatic rings. The summed E-state index contributed by atoms with van der Waals surface area (Å²) in [4.78, 5) is 15.8. The summed E-state index contributed by atoms with van der Waals surface area (Å²) in [5, 5.41) is 1.48. The summed E-state index contributed by atoms with van der Waals surface area (Å²) in [6.45, 7) is 0.0755.